The highest BCUT2D eigenvalue weighted by atomic mass is 16.5. The summed E-state index contributed by atoms with van der Waals surface area (Å²) in [4.78, 5) is 28.0. The minimum atomic E-state index is -1.03. The fourth-order valence-corrected chi connectivity index (χ4v) is 2.28. The molecule has 11 heteroatoms. The molecule has 0 spiro atoms. The van der Waals surface area contributed by atoms with Crippen molar-refractivity contribution in [1.29, 1.82) is 0 Å². The average molecular weight is 381 g/mol. The fourth-order valence-electron chi connectivity index (χ4n) is 2.28. The van der Waals surface area contributed by atoms with Crippen molar-refractivity contribution in [2.75, 3.05) is 0 Å². The molecule has 28 heavy (non-hydrogen) atoms. The number of azide groups is 2. The summed E-state index contributed by atoms with van der Waals surface area (Å²) >= 11 is 0. The van der Waals surface area contributed by atoms with Crippen LogP contribution in [0.5, 0.6) is 0 Å². The Morgan fingerprint density at radius 3 is 2.39 bits per heavy atom. The van der Waals surface area contributed by atoms with Crippen LogP contribution in [0.1, 0.15) is 27.0 Å². The quantitative estimate of drug-likeness (QED) is 0.387. The van der Waals surface area contributed by atoms with Crippen molar-refractivity contribution >= 4 is 17.7 Å². The highest BCUT2D eigenvalue weighted by molar-refractivity contribution is 5.87. The first-order chi connectivity index (χ1) is 13.5. The summed E-state index contributed by atoms with van der Waals surface area (Å²) in [6.07, 6.45) is -0.673. The van der Waals surface area contributed by atoms with E-state index in [0.29, 0.717) is 22.4 Å². The van der Waals surface area contributed by atoms with E-state index < -0.39 is 12.1 Å². The van der Waals surface area contributed by atoms with Crippen molar-refractivity contribution in [2.45, 2.75) is 19.7 Å². The van der Waals surface area contributed by atoms with Crippen molar-refractivity contribution < 1.29 is 19.4 Å². The second-order valence-corrected chi connectivity index (χ2v) is 5.52. The molecule has 142 valence electrons. The van der Waals surface area contributed by atoms with Gasteiger partial charge in [0.05, 0.1) is 12.1 Å². The maximum Gasteiger partial charge on any atom is 0.407 e. The number of hydrogen-bond acceptors (Lipinski definition) is 5. The molecule has 0 saturated heterocycles. The number of carbonyl (C=O) groups is 2. The lowest BCUT2D eigenvalue weighted by molar-refractivity contribution is 0.0696. The number of hydrogen-bond donors (Lipinski definition) is 2. The van der Waals surface area contributed by atoms with Crippen LogP contribution in [0.3, 0.4) is 0 Å². The lowest BCUT2D eigenvalue weighted by Gasteiger charge is -2.09. The van der Waals surface area contributed by atoms with E-state index >= 15 is 0 Å². The summed E-state index contributed by atoms with van der Waals surface area (Å²) in [6, 6.07) is 10.9. The molecule has 0 saturated carbocycles. The highest BCUT2D eigenvalue weighted by Gasteiger charge is 2.06. The third-order valence-electron chi connectivity index (χ3n) is 3.52. The number of carbonyl (C=O) groups excluding carboxylic acids is 1. The Morgan fingerprint density at radius 2 is 1.75 bits per heavy atom. The number of rotatable bonds is 8. The van der Waals surface area contributed by atoms with E-state index in [4.69, 9.17) is 20.9 Å². The molecule has 0 unspecified atom stereocenters. The standard InChI is InChI=1S/C17H15N7O4/c18-23-21-9-12-5-13(7-15(6-12)22-24-19)10-28-17(27)20-8-11-1-3-14(4-2-11)16(25)26/h1-7H,8-10H2,(H,20,27)(H,25,26). The van der Waals surface area contributed by atoms with E-state index in [1.807, 2.05) is 0 Å². The molecule has 11 nitrogen and oxygen atoms in total. The van der Waals surface area contributed by atoms with Gasteiger partial charge in [0, 0.05) is 22.1 Å². The first-order valence-corrected chi connectivity index (χ1v) is 7.93. The number of alkyl carbamates (subject to hydrolysis) is 1. The van der Waals surface area contributed by atoms with Gasteiger partial charge in [-0.1, -0.05) is 28.4 Å². The molecule has 0 aliphatic rings. The molecular weight excluding hydrogens is 366 g/mol. The predicted molar refractivity (Wildman–Crippen MR) is 98.5 cm³/mol. The van der Waals surface area contributed by atoms with Crippen LogP contribution in [0.25, 0.3) is 20.9 Å². The van der Waals surface area contributed by atoms with Crippen molar-refractivity contribution in [3.05, 3.63) is 85.6 Å². The van der Waals surface area contributed by atoms with Gasteiger partial charge in [0.15, 0.2) is 0 Å². The number of amides is 1. The van der Waals surface area contributed by atoms with Gasteiger partial charge in [0.25, 0.3) is 0 Å². The number of ether oxygens (including phenoxy) is 1. The summed E-state index contributed by atoms with van der Waals surface area (Å²) < 4.78 is 5.12. The summed E-state index contributed by atoms with van der Waals surface area (Å²) in [5.74, 6) is -1.03. The number of nitrogens with zero attached hydrogens (tertiary/aromatic N) is 6. The molecule has 0 atom stereocenters. The topological polar surface area (TPSA) is 173 Å². The Hall–Kier alpha value is -4.20. The third-order valence-corrected chi connectivity index (χ3v) is 3.52. The molecular formula is C17H15N7O4. The van der Waals surface area contributed by atoms with Crippen LogP contribution in [0.4, 0.5) is 10.5 Å². The Bertz CT molecular complexity index is 962. The molecule has 0 bridgehead atoms. The van der Waals surface area contributed by atoms with Crippen molar-refractivity contribution in [2.24, 2.45) is 10.2 Å². The zero-order valence-corrected chi connectivity index (χ0v) is 14.5. The van der Waals surface area contributed by atoms with Gasteiger partial charge in [0.2, 0.25) is 0 Å². The maximum absolute atomic E-state index is 11.9. The molecule has 1 amide bonds. The predicted octanol–water partition coefficient (Wildman–Crippen LogP) is 4.56. The summed E-state index contributed by atoms with van der Waals surface area (Å²) in [6.45, 7) is 0.151. The number of benzene rings is 2. The van der Waals surface area contributed by atoms with Gasteiger partial charge in [-0.2, -0.15) is 0 Å². The molecule has 0 aliphatic heterocycles. The zero-order valence-electron chi connectivity index (χ0n) is 14.5. The van der Waals surface area contributed by atoms with Gasteiger partial charge in [0.1, 0.15) is 6.61 Å². The van der Waals surface area contributed by atoms with Crippen molar-refractivity contribution in [3.8, 4) is 0 Å². The monoisotopic (exact) mass is 381 g/mol. The van der Waals surface area contributed by atoms with Crippen LogP contribution in [0.15, 0.2) is 52.7 Å². The minimum Gasteiger partial charge on any atom is -0.478 e. The zero-order chi connectivity index (χ0) is 20.4. The largest absolute Gasteiger partial charge is 0.478 e. The maximum atomic E-state index is 11.9. The highest BCUT2D eigenvalue weighted by Crippen LogP contribution is 2.20. The lowest BCUT2D eigenvalue weighted by Crippen LogP contribution is -2.23. The van der Waals surface area contributed by atoms with E-state index in [-0.39, 0.29) is 25.3 Å². The van der Waals surface area contributed by atoms with Crippen molar-refractivity contribution in [1.82, 2.24) is 5.32 Å². The Labute approximate surface area is 158 Å². The van der Waals surface area contributed by atoms with Crippen LogP contribution < -0.4 is 5.32 Å². The van der Waals surface area contributed by atoms with Gasteiger partial charge < -0.3 is 15.2 Å². The summed E-state index contributed by atoms with van der Waals surface area (Å²) in [7, 11) is 0. The molecule has 2 rings (SSSR count). The second-order valence-electron chi connectivity index (χ2n) is 5.52. The van der Waals surface area contributed by atoms with E-state index in [0.717, 1.165) is 0 Å². The third kappa shape index (κ3) is 6.26. The smallest absolute Gasteiger partial charge is 0.407 e. The Kier molecular flexibility index (Phi) is 7.24. The number of nitrogens with one attached hydrogen (secondary N) is 1. The second kappa shape index (κ2) is 10.1. The molecule has 0 aliphatic carbocycles. The molecule has 2 N–H and O–H groups in total. The van der Waals surface area contributed by atoms with E-state index in [2.05, 4.69) is 25.4 Å². The number of carboxylic acid groups (broad SMARTS) is 1. The summed E-state index contributed by atoms with van der Waals surface area (Å²) in [5.41, 5.74) is 19.3. The summed E-state index contributed by atoms with van der Waals surface area (Å²) in [5, 5.41) is 18.4. The van der Waals surface area contributed by atoms with Gasteiger partial charge in [-0.25, -0.2) is 9.59 Å². The lowest BCUT2D eigenvalue weighted by atomic mass is 10.1. The van der Waals surface area contributed by atoms with Gasteiger partial charge in [-0.15, -0.1) is 0 Å². The van der Waals surface area contributed by atoms with Crippen LogP contribution in [0.2, 0.25) is 0 Å². The van der Waals surface area contributed by atoms with Crippen molar-refractivity contribution in [3.63, 3.8) is 0 Å². The first kappa shape index (κ1) is 20.1. The van der Waals surface area contributed by atoms with Crippen LogP contribution >= 0.6 is 0 Å². The minimum absolute atomic E-state index is 0.0663. The van der Waals surface area contributed by atoms with Gasteiger partial charge in [-0.05, 0) is 52.0 Å². The molecule has 0 heterocycles. The molecule has 2 aromatic rings. The molecule has 0 aromatic heterocycles. The molecule has 2 aromatic carbocycles. The SMILES string of the molecule is [N-]=[N+]=NCc1cc(COC(=O)NCc2ccc(C(=O)O)cc2)cc(N=[N+]=[N-])c1. The molecule has 0 fully saturated rings. The fraction of sp³-hybridized carbons (Fsp3) is 0.176. The van der Waals surface area contributed by atoms with Crippen LogP contribution in [-0.2, 0) is 24.4 Å². The molecule has 0 radical (unpaired) electrons. The average Bonchev–Trinajstić information content (AvgIpc) is 2.69. The van der Waals surface area contributed by atoms with Gasteiger partial charge >= 0.3 is 12.1 Å². The van der Waals surface area contributed by atoms with E-state index in [9.17, 15) is 9.59 Å². The van der Waals surface area contributed by atoms with E-state index in [1.165, 1.54) is 12.1 Å². The number of carboxylic acids is 1. The normalized spacial score (nSPS) is 9.57. The first-order valence-electron chi connectivity index (χ1n) is 7.93. The van der Waals surface area contributed by atoms with Gasteiger partial charge in [-0.3, -0.25) is 0 Å². The Morgan fingerprint density at radius 1 is 1.04 bits per heavy atom. The van der Waals surface area contributed by atoms with Crippen LogP contribution in [-0.4, -0.2) is 17.2 Å². The van der Waals surface area contributed by atoms with E-state index in [1.54, 1.807) is 30.3 Å². The Balaban J connectivity index is 1.93. The number of aromatic carboxylic acids is 1. The van der Waals surface area contributed by atoms with Crippen LogP contribution in [0, 0.1) is 0 Å².